The Kier molecular flexibility index (Phi) is 3.14. The van der Waals surface area contributed by atoms with Crippen LogP contribution in [0.4, 0.5) is 19.3 Å². The molecular weight excluding hydrogens is 246 g/mol. The van der Waals surface area contributed by atoms with Crippen LogP contribution in [0.5, 0.6) is 0 Å². The molecule has 1 aromatic rings. The van der Waals surface area contributed by atoms with Gasteiger partial charge in [0, 0.05) is 19.2 Å². The van der Waals surface area contributed by atoms with E-state index in [0.29, 0.717) is 0 Å². The highest BCUT2D eigenvalue weighted by molar-refractivity contribution is 5.91. The first-order chi connectivity index (χ1) is 8.47. The van der Waals surface area contributed by atoms with Crippen LogP contribution < -0.4 is 5.32 Å². The molecule has 5 nitrogen and oxygen atoms in total. The summed E-state index contributed by atoms with van der Waals surface area (Å²) in [7, 11) is 0. The number of aliphatic carboxylic acids is 1. The molecule has 0 unspecified atom stereocenters. The van der Waals surface area contributed by atoms with E-state index in [2.05, 4.69) is 5.32 Å². The molecule has 0 radical (unpaired) electrons. The maximum atomic E-state index is 13.2. The fourth-order valence-corrected chi connectivity index (χ4v) is 1.59. The van der Waals surface area contributed by atoms with Crippen molar-refractivity contribution in [1.82, 2.24) is 4.90 Å². The SMILES string of the molecule is O=C(O)C1CN(C(=O)Nc2cc(F)ccc2F)C1. The van der Waals surface area contributed by atoms with Gasteiger partial charge in [-0.15, -0.1) is 0 Å². The topological polar surface area (TPSA) is 69.6 Å². The molecule has 7 heteroatoms. The summed E-state index contributed by atoms with van der Waals surface area (Å²) in [5.41, 5.74) is -0.265. The maximum absolute atomic E-state index is 13.2. The van der Waals surface area contributed by atoms with Gasteiger partial charge in [0.15, 0.2) is 0 Å². The minimum atomic E-state index is -0.976. The number of rotatable bonds is 2. The van der Waals surface area contributed by atoms with Crippen LogP contribution in [0, 0.1) is 17.6 Å². The Balaban J connectivity index is 1.96. The van der Waals surface area contributed by atoms with Gasteiger partial charge in [-0.1, -0.05) is 0 Å². The van der Waals surface area contributed by atoms with Gasteiger partial charge < -0.3 is 15.3 Å². The Morgan fingerprint density at radius 3 is 2.61 bits per heavy atom. The van der Waals surface area contributed by atoms with Crippen molar-refractivity contribution < 1.29 is 23.5 Å². The van der Waals surface area contributed by atoms with E-state index in [4.69, 9.17) is 5.11 Å². The molecule has 0 aromatic heterocycles. The molecule has 1 heterocycles. The number of hydrogen-bond donors (Lipinski definition) is 2. The quantitative estimate of drug-likeness (QED) is 0.842. The van der Waals surface area contributed by atoms with Crippen LogP contribution in [0.15, 0.2) is 18.2 Å². The van der Waals surface area contributed by atoms with Crippen molar-refractivity contribution in [3.63, 3.8) is 0 Å². The molecule has 1 aromatic carbocycles. The van der Waals surface area contributed by atoms with Crippen LogP contribution in [0.25, 0.3) is 0 Å². The van der Waals surface area contributed by atoms with E-state index in [-0.39, 0.29) is 18.8 Å². The Labute approximate surface area is 101 Å². The number of anilines is 1. The number of carboxylic acid groups (broad SMARTS) is 1. The number of nitrogens with zero attached hydrogens (tertiary/aromatic N) is 1. The van der Waals surface area contributed by atoms with E-state index in [1.807, 2.05) is 0 Å². The lowest BCUT2D eigenvalue weighted by Gasteiger charge is -2.36. The molecule has 1 aliphatic heterocycles. The van der Waals surface area contributed by atoms with Gasteiger partial charge in [0.25, 0.3) is 0 Å². The molecule has 96 valence electrons. The normalized spacial score (nSPS) is 15.1. The van der Waals surface area contributed by atoms with Crippen molar-refractivity contribution in [3.05, 3.63) is 29.8 Å². The summed E-state index contributed by atoms with van der Waals surface area (Å²) >= 11 is 0. The first kappa shape index (κ1) is 12.3. The third-order valence-electron chi connectivity index (χ3n) is 2.69. The number of carbonyl (C=O) groups is 2. The second-order valence-electron chi connectivity index (χ2n) is 3.99. The average molecular weight is 256 g/mol. The monoisotopic (exact) mass is 256 g/mol. The first-order valence-electron chi connectivity index (χ1n) is 5.21. The largest absolute Gasteiger partial charge is 0.481 e. The van der Waals surface area contributed by atoms with Crippen molar-refractivity contribution in [2.45, 2.75) is 0 Å². The van der Waals surface area contributed by atoms with E-state index < -0.39 is 29.6 Å². The Hall–Kier alpha value is -2.18. The summed E-state index contributed by atoms with van der Waals surface area (Å²) in [6, 6.07) is 2.06. The standard InChI is InChI=1S/C11H10F2N2O3/c12-7-1-2-8(13)9(3-7)14-11(18)15-4-6(5-15)10(16)17/h1-3,6H,4-5H2,(H,14,18)(H,16,17). The number of carboxylic acids is 1. The maximum Gasteiger partial charge on any atom is 0.321 e. The van der Waals surface area contributed by atoms with Gasteiger partial charge in [0.1, 0.15) is 11.6 Å². The summed E-state index contributed by atoms with van der Waals surface area (Å²) in [6.45, 7) is 0.135. The van der Waals surface area contributed by atoms with Crippen LogP contribution in [-0.4, -0.2) is 35.1 Å². The molecule has 1 aliphatic rings. The highest BCUT2D eigenvalue weighted by Gasteiger charge is 2.35. The number of likely N-dealkylation sites (tertiary alicyclic amines) is 1. The number of amides is 2. The molecule has 18 heavy (non-hydrogen) atoms. The minimum Gasteiger partial charge on any atom is -0.481 e. The molecule has 0 bridgehead atoms. The molecule has 0 saturated carbocycles. The number of nitrogens with one attached hydrogen (secondary N) is 1. The number of carbonyl (C=O) groups excluding carboxylic acids is 1. The molecule has 2 rings (SSSR count). The summed E-state index contributed by atoms with van der Waals surface area (Å²) in [4.78, 5) is 23.3. The molecule has 0 spiro atoms. The molecule has 0 atom stereocenters. The summed E-state index contributed by atoms with van der Waals surface area (Å²) in [5.74, 6) is -2.98. The Morgan fingerprint density at radius 2 is 2.00 bits per heavy atom. The smallest absolute Gasteiger partial charge is 0.321 e. The Bertz CT molecular complexity index is 501. The minimum absolute atomic E-state index is 0.0676. The number of urea groups is 1. The van der Waals surface area contributed by atoms with Gasteiger partial charge in [0.05, 0.1) is 11.6 Å². The van der Waals surface area contributed by atoms with Gasteiger partial charge in [-0.3, -0.25) is 4.79 Å². The van der Waals surface area contributed by atoms with Crippen molar-refractivity contribution in [2.75, 3.05) is 18.4 Å². The van der Waals surface area contributed by atoms with Crippen molar-refractivity contribution in [2.24, 2.45) is 5.92 Å². The van der Waals surface area contributed by atoms with Crippen molar-refractivity contribution in [1.29, 1.82) is 0 Å². The van der Waals surface area contributed by atoms with Gasteiger partial charge in [-0.25, -0.2) is 13.6 Å². The third kappa shape index (κ3) is 2.39. The van der Waals surface area contributed by atoms with Gasteiger partial charge in [-0.05, 0) is 12.1 Å². The van der Waals surface area contributed by atoms with E-state index in [1.54, 1.807) is 0 Å². The highest BCUT2D eigenvalue weighted by Crippen LogP contribution is 2.19. The van der Waals surface area contributed by atoms with E-state index >= 15 is 0 Å². The number of hydrogen-bond acceptors (Lipinski definition) is 2. The summed E-state index contributed by atoms with van der Waals surface area (Å²) in [6.07, 6.45) is 0. The van der Waals surface area contributed by atoms with Gasteiger partial charge in [-0.2, -0.15) is 0 Å². The van der Waals surface area contributed by atoms with E-state index in [1.165, 1.54) is 4.90 Å². The molecule has 1 fully saturated rings. The van der Waals surface area contributed by atoms with Crippen molar-refractivity contribution >= 4 is 17.7 Å². The third-order valence-corrected chi connectivity index (χ3v) is 2.69. The van der Waals surface area contributed by atoms with E-state index in [0.717, 1.165) is 18.2 Å². The fourth-order valence-electron chi connectivity index (χ4n) is 1.59. The number of halogens is 2. The molecule has 2 N–H and O–H groups in total. The molecular formula is C11H10F2N2O3. The summed E-state index contributed by atoms with van der Waals surface area (Å²) < 4.78 is 26.1. The first-order valence-corrected chi connectivity index (χ1v) is 5.21. The lowest BCUT2D eigenvalue weighted by Crippen LogP contribution is -2.54. The lowest BCUT2D eigenvalue weighted by atomic mass is 10.0. The predicted octanol–water partition coefficient (Wildman–Crippen LogP) is 1.51. The van der Waals surface area contributed by atoms with Crippen molar-refractivity contribution in [3.8, 4) is 0 Å². The average Bonchev–Trinajstić information content (AvgIpc) is 2.20. The zero-order valence-corrected chi connectivity index (χ0v) is 9.19. The van der Waals surface area contributed by atoms with Gasteiger partial charge in [0.2, 0.25) is 0 Å². The van der Waals surface area contributed by atoms with Gasteiger partial charge >= 0.3 is 12.0 Å². The fraction of sp³-hybridized carbons (Fsp3) is 0.273. The zero-order chi connectivity index (χ0) is 13.3. The molecule has 2 amide bonds. The van der Waals surface area contributed by atoms with Crippen LogP contribution >= 0.6 is 0 Å². The zero-order valence-electron chi connectivity index (χ0n) is 9.19. The second kappa shape index (κ2) is 4.59. The molecule has 1 saturated heterocycles. The Morgan fingerprint density at radius 1 is 1.33 bits per heavy atom. The number of benzene rings is 1. The molecule has 0 aliphatic carbocycles. The predicted molar refractivity (Wildman–Crippen MR) is 58.1 cm³/mol. The van der Waals surface area contributed by atoms with E-state index in [9.17, 15) is 18.4 Å². The highest BCUT2D eigenvalue weighted by atomic mass is 19.1. The van der Waals surface area contributed by atoms with Crippen LogP contribution in [-0.2, 0) is 4.79 Å². The second-order valence-corrected chi connectivity index (χ2v) is 3.99. The summed E-state index contributed by atoms with van der Waals surface area (Å²) in [5, 5.41) is 10.8. The van der Waals surface area contributed by atoms with Crippen LogP contribution in [0.3, 0.4) is 0 Å². The van der Waals surface area contributed by atoms with Crippen LogP contribution in [0.1, 0.15) is 0 Å². The van der Waals surface area contributed by atoms with Crippen LogP contribution in [0.2, 0.25) is 0 Å². The lowest BCUT2D eigenvalue weighted by molar-refractivity contribution is -0.145.